The number of nitrogens with one attached hydrogen (secondary N) is 1. The summed E-state index contributed by atoms with van der Waals surface area (Å²) in [5.74, 6) is 0.524. The molecule has 0 spiro atoms. The molecule has 0 saturated carbocycles. The molecule has 1 aromatic rings. The minimum atomic E-state index is -0.666. The third-order valence-electron chi connectivity index (χ3n) is 3.09. The van der Waals surface area contributed by atoms with Crippen LogP contribution in [-0.4, -0.2) is 45.7 Å². The molecular weight excluding hydrogens is 262 g/mol. The number of hydrogen-bond acceptors (Lipinski definition) is 7. The van der Waals surface area contributed by atoms with E-state index in [0.29, 0.717) is 12.5 Å². The van der Waals surface area contributed by atoms with Crippen LogP contribution in [0.1, 0.15) is 27.2 Å². The van der Waals surface area contributed by atoms with Crippen LogP contribution < -0.4 is 10.2 Å². The Labute approximate surface area is 118 Å². The zero-order chi connectivity index (χ0) is 15.3. The van der Waals surface area contributed by atoms with E-state index in [4.69, 9.17) is 0 Å². The number of anilines is 2. The molecule has 0 bridgehead atoms. The van der Waals surface area contributed by atoms with Crippen LogP contribution in [0.3, 0.4) is 0 Å². The van der Waals surface area contributed by atoms with Gasteiger partial charge in [0.2, 0.25) is 11.8 Å². The maximum absolute atomic E-state index is 11.1. The minimum absolute atomic E-state index is 0.150. The number of hydrogen-bond donors (Lipinski definition) is 2. The third-order valence-corrected chi connectivity index (χ3v) is 3.09. The van der Waals surface area contributed by atoms with Gasteiger partial charge in [0, 0.05) is 13.6 Å². The van der Waals surface area contributed by atoms with E-state index in [0.717, 1.165) is 6.42 Å². The van der Waals surface area contributed by atoms with Gasteiger partial charge in [-0.05, 0) is 20.3 Å². The smallest absolute Gasteiger partial charge is 0.329 e. The molecule has 0 atom stereocenters. The third kappa shape index (κ3) is 3.53. The van der Waals surface area contributed by atoms with E-state index in [9.17, 15) is 15.2 Å². The lowest BCUT2D eigenvalue weighted by Gasteiger charge is -2.34. The molecule has 0 amide bonds. The number of rotatable bonds is 7. The highest BCUT2D eigenvalue weighted by atomic mass is 16.6. The molecule has 2 N–H and O–H groups in total. The molecule has 0 aliphatic rings. The zero-order valence-electron chi connectivity index (χ0n) is 12.3. The quantitative estimate of drug-likeness (QED) is 0.576. The van der Waals surface area contributed by atoms with Crippen molar-refractivity contribution in [3.63, 3.8) is 0 Å². The molecule has 0 aliphatic carbocycles. The van der Waals surface area contributed by atoms with Crippen molar-refractivity contribution in [2.45, 2.75) is 32.7 Å². The first-order chi connectivity index (χ1) is 9.33. The van der Waals surface area contributed by atoms with Crippen LogP contribution in [0.15, 0.2) is 6.20 Å². The summed E-state index contributed by atoms with van der Waals surface area (Å²) in [5.41, 5.74) is -0.850. The first-order valence-electron chi connectivity index (χ1n) is 6.43. The lowest BCUT2D eigenvalue weighted by molar-refractivity contribution is -0.384. The van der Waals surface area contributed by atoms with Gasteiger partial charge >= 0.3 is 5.69 Å². The summed E-state index contributed by atoms with van der Waals surface area (Å²) >= 11 is 0. The lowest BCUT2D eigenvalue weighted by Crippen LogP contribution is -2.45. The molecule has 1 heterocycles. The maximum atomic E-state index is 11.1. The number of likely N-dealkylation sites (N-methyl/N-ethyl adjacent to an activating group) is 1. The van der Waals surface area contributed by atoms with Gasteiger partial charge in [0.25, 0.3) is 0 Å². The van der Waals surface area contributed by atoms with Gasteiger partial charge in [-0.25, -0.2) is 4.98 Å². The average molecular weight is 283 g/mol. The molecule has 0 aliphatic heterocycles. The highest BCUT2D eigenvalue weighted by molar-refractivity contribution is 5.59. The van der Waals surface area contributed by atoms with Crippen molar-refractivity contribution >= 4 is 17.5 Å². The van der Waals surface area contributed by atoms with Gasteiger partial charge in [-0.2, -0.15) is 4.98 Å². The normalized spacial score (nSPS) is 11.2. The summed E-state index contributed by atoms with van der Waals surface area (Å²) < 4.78 is 0. The molecule has 8 heteroatoms. The van der Waals surface area contributed by atoms with Crippen molar-refractivity contribution in [1.82, 2.24) is 9.97 Å². The molecule has 0 saturated heterocycles. The van der Waals surface area contributed by atoms with E-state index in [2.05, 4.69) is 15.3 Å². The Bertz CT molecular complexity index is 478. The van der Waals surface area contributed by atoms with E-state index >= 15 is 0 Å². The summed E-state index contributed by atoms with van der Waals surface area (Å²) in [4.78, 5) is 20.3. The highest BCUT2D eigenvalue weighted by Crippen LogP contribution is 2.29. The fraction of sp³-hybridized carbons (Fsp3) is 0.667. The second-order valence-electron chi connectivity index (χ2n) is 5.12. The molecule has 1 rings (SSSR count). The van der Waals surface area contributed by atoms with Crippen molar-refractivity contribution in [2.75, 3.05) is 30.4 Å². The molecule has 0 unspecified atom stereocenters. The first kappa shape index (κ1) is 16.1. The molecule has 8 nitrogen and oxygen atoms in total. The summed E-state index contributed by atoms with van der Waals surface area (Å²) in [6, 6.07) is 0. The van der Waals surface area contributed by atoms with Gasteiger partial charge in [-0.1, -0.05) is 6.92 Å². The van der Waals surface area contributed by atoms with Crippen molar-refractivity contribution in [1.29, 1.82) is 0 Å². The molecule has 0 radical (unpaired) electrons. The van der Waals surface area contributed by atoms with Crippen LogP contribution in [0.25, 0.3) is 0 Å². The second kappa shape index (κ2) is 6.47. The fourth-order valence-electron chi connectivity index (χ4n) is 1.46. The van der Waals surface area contributed by atoms with E-state index in [-0.39, 0.29) is 18.1 Å². The SMILES string of the molecule is CCCNc1ncc([N+](=O)[O-])c(N(C)C(C)(C)CO)n1. The van der Waals surface area contributed by atoms with Gasteiger partial charge in [0.15, 0.2) is 0 Å². The predicted octanol–water partition coefficient (Wildman–Crippen LogP) is 1.41. The van der Waals surface area contributed by atoms with Crippen LogP contribution >= 0.6 is 0 Å². The lowest BCUT2D eigenvalue weighted by atomic mass is 10.1. The minimum Gasteiger partial charge on any atom is -0.394 e. The largest absolute Gasteiger partial charge is 0.394 e. The Morgan fingerprint density at radius 1 is 1.55 bits per heavy atom. The van der Waals surface area contributed by atoms with E-state index in [1.165, 1.54) is 6.20 Å². The number of nitro groups is 1. The average Bonchev–Trinajstić information content (AvgIpc) is 2.43. The summed E-state index contributed by atoms with van der Waals surface area (Å²) in [6.07, 6.45) is 2.08. The monoisotopic (exact) mass is 283 g/mol. The standard InChI is InChI=1S/C12H21N5O3/c1-5-6-13-11-14-7-9(17(19)20)10(15-11)16(4)12(2,3)8-18/h7,18H,5-6,8H2,1-4H3,(H,13,14,15). The van der Waals surface area contributed by atoms with Gasteiger partial charge in [0.05, 0.1) is 17.1 Å². The molecule has 1 aromatic heterocycles. The topological polar surface area (TPSA) is 104 Å². The van der Waals surface area contributed by atoms with Gasteiger partial charge in [-0.3, -0.25) is 10.1 Å². The Balaban J connectivity index is 3.21. The van der Waals surface area contributed by atoms with Crippen molar-refractivity contribution < 1.29 is 10.0 Å². The summed E-state index contributed by atoms with van der Waals surface area (Å²) in [7, 11) is 1.66. The maximum Gasteiger partial charge on any atom is 0.329 e. The van der Waals surface area contributed by atoms with Gasteiger partial charge < -0.3 is 15.3 Å². The summed E-state index contributed by atoms with van der Waals surface area (Å²) in [5, 5.41) is 23.5. The molecule has 112 valence electrons. The number of nitrogens with zero attached hydrogens (tertiary/aromatic N) is 4. The fourth-order valence-corrected chi connectivity index (χ4v) is 1.46. The Morgan fingerprint density at radius 2 is 2.20 bits per heavy atom. The molecular formula is C12H21N5O3. The Hall–Kier alpha value is -1.96. The van der Waals surface area contributed by atoms with Gasteiger partial charge in [-0.15, -0.1) is 0 Å². The predicted molar refractivity (Wildman–Crippen MR) is 77.0 cm³/mol. The number of aliphatic hydroxyl groups excluding tert-OH is 1. The Kier molecular flexibility index (Phi) is 5.20. The molecule has 20 heavy (non-hydrogen) atoms. The highest BCUT2D eigenvalue weighted by Gasteiger charge is 2.30. The van der Waals surface area contributed by atoms with E-state index in [1.54, 1.807) is 25.8 Å². The van der Waals surface area contributed by atoms with Crippen LogP contribution in [-0.2, 0) is 0 Å². The van der Waals surface area contributed by atoms with Crippen molar-refractivity contribution in [3.8, 4) is 0 Å². The van der Waals surface area contributed by atoms with Gasteiger partial charge in [0.1, 0.15) is 6.20 Å². The van der Waals surface area contributed by atoms with E-state index in [1.807, 2.05) is 6.92 Å². The van der Waals surface area contributed by atoms with Crippen LogP contribution in [0.2, 0.25) is 0 Å². The summed E-state index contributed by atoms with van der Waals surface area (Å²) in [6.45, 7) is 6.09. The number of aliphatic hydroxyl groups is 1. The van der Waals surface area contributed by atoms with E-state index < -0.39 is 10.5 Å². The molecule has 0 aromatic carbocycles. The van der Waals surface area contributed by atoms with Crippen LogP contribution in [0.5, 0.6) is 0 Å². The zero-order valence-corrected chi connectivity index (χ0v) is 12.3. The van der Waals surface area contributed by atoms with Crippen molar-refractivity contribution in [3.05, 3.63) is 16.3 Å². The Morgan fingerprint density at radius 3 is 2.70 bits per heavy atom. The van der Waals surface area contributed by atoms with Crippen molar-refractivity contribution in [2.24, 2.45) is 0 Å². The van der Waals surface area contributed by atoms with Crippen LogP contribution in [0.4, 0.5) is 17.5 Å². The number of aromatic nitrogens is 2. The van der Waals surface area contributed by atoms with Crippen LogP contribution in [0, 0.1) is 10.1 Å². The second-order valence-corrected chi connectivity index (χ2v) is 5.12. The molecule has 0 fully saturated rings. The first-order valence-corrected chi connectivity index (χ1v) is 6.43.